The average Bonchev–Trinajstić information content (AvgIpc) is 3.12. The van der Waals surface area contributed by atoms with Gasteiger partial charge < -0.3 is 0 Å². The van der Waals surface area contributed by atoms with Crippen molar-refractivity contribution in [1.82, 2.24) is 9.97 Å². The highest BCUT2D eigenvalue weighted by molar-refractivity contribution is 7.92. The number of hydrogen-bond donors (Lipinski definition) is 1. The fourth-order valence-electron chi connectivity index (χ4n) is 2.46. The van der Waals surface area contributed by atoms with Crippen LogP contribution in [0.5, 0.6) is 0 Å². The van der Waals surface area contributed by atoms with Crippen LogP contribution in [0.4, 0.5) is 18.3 Å². The maximum absolute atomic E-state index is 12.9. The fourth-order valence-corrected chi connectivity index (χ4v) is 4.20. The van der Waals surface area contributed by atoms with Crippen molar-refractivity contribution in [3.8, 4) is 11.3 Å². The summed E-state index contributed by atoms with van der Waals surface area (Å²) >= 11 is 0.820. The number of anilines is 1. The van der Waals surface area contributed by atoms with Crippen LogP contribution in [0.3, 0.4) is 0 Å². The van der Waals surface area contributed by atoms with Crippen molar-refractivity contribution in [2.24, 2.45) is 0 Å². The summed E-state index contributed by atoms with van der Waals surface area (Å²) in [4.78, 5) is 32.1. The minimum Gasteiger partial charge on any atom is -0.298 e. The Morgan fingerprint density at radius 3 is 2.33 bits per heavy atom. The number of alkyl halides is 3. The largest absolute Gasteiger partial charge is 0.503 e. The van der Waals surface area contributed by atoms with E-state index in [-0.39, 0.29) is 21.5 Å². The van der Waals surface area contributed by atoms with Crippen molar-refractivity contribution in [2.75, 3.05) is 5.32 Å². The van der Waals surface area contributed by atoms with E-state index in [4.69, 9.17) is 0 Å². The molecule has 0 atom stereocenters. The minimum atomic E-state index is -5.85. The smallest absolute Gasteiger partial charge is 0.298 e. The number of nitrogens with zero attached hydrogens (tertiary/aromatic N) is 2. The molecule has 156 valence electrons. The molecule has 0 aliphatic rings. The fraction of sp³-hybridized carbons (Fsp3) is 0.111. The Kier molecular flexibility index (Phi) is 5.72. The van der Waals surface area contributed by atoms with Gasteiger partial charge in [-0.2, -0.15) is 13.2 Å². The number of amides is 1. The van der Waals surface area contributed by atoms with Crippen LogP contribution >= 0.6 is 11.3 Å². The van der Waals surface area contributed by atoms with Crippen molar-refractivity contribution < 1.29 is 31.2 Å². The Labute approximate surface area is 172 Å². The number of carbonyl (C=O) groups excluding carboxylic acids is 2. The Balaban J connectivity index is 2.00. The zero-order valence-corrected chi connectivity index (χ0v) is 16.7. The molecule has 7 nitrogen and oxygen atoms in total. The minimum absolute atomic E-state index is 0.0803. The first-order valence-electron chi connectivity index (χ1n) is 8.17. The molecule has 0 aliphatic heterocycles. The van der Waals surface area contributed by atoms with Crippen LogP contribution < -0.4 is 5.32 Å². The molecule has 2 heterocycles. The number of Topliss-reactive ketones (excluding diaryl/α,β-unsaturated/α-hetero) is 1. The van der Waals surface area contributed by atoms with E-state index in [1.807, 2.05) is 0 Å². The first kappa shape index (κ1) is 21.6. The van der Waals surface area contributed by atoms with E-state index in [2.05, 4.69) is 15.3 Å². The lowest BCUT2D eigenvalue weighted by Crippen LogP contribution is -2.27. The normalized spacial score (nSPS) is 11.9. The number of sulfone groups is 1. The Bertz CT molecular complexity index is 1220. The van der Waals surface area contributed by atoms with E-state index in [9.17, 15) is 31.2 Å². The number of benzene rings is 1. The third-order valence-electron chi connectivity index (χ3n) is 3.79. The third kappa shape index (κ3) is 4.09. The maximum Gasteiger partial charge on any atom is 0.503 e. The van der Waals surface area contributed by atoms with Crippen LogP contribution in [0, 0.1) is 0 Å². The highest BCUT2D eigenvalue weighted by atomic mass is 32.2. The Morgan fingerprint density at radius 1 is 1.07 bits per heavy atom. The lowest BCUT2D eigenvalue weighted by atomic mass is 10.1. The van der Waals surface area contributed by atoms with Gasteiger partial charge in [-0.15, -0.1) is 0 Å². The number of carbonyl (C=O) groups is 2. The van der Waals surface area contributed by atoms with E-state index in [1.54, 1.807) is 30.3 Å². The van der Waals surface area contributed by atoms with Crippen LogP contribution in [0.1, 0.15) is 27.0 Å². The number of aromatic nitrogens is 2. The van der Waals surface area contributed by atoms with E-state index >= 15 is 0 Å². The zero-order valence-electron chi connectivity index (χ0n) is 15.1. The molecular weight excluding hydrogens is 443 g/mol. The topological polar surface area (TPSA) is 106 Å². The SMILES string of the molecule is CC(=O)c1sc(NC(=O)c2cccnc2S(=O)(=O)C(F)(F)F)nc1-c1ccccc1. The van der Waals surface area contributed by atoms with E-state index in [0.717, 1.165) is 29.7 Å². The molecule has 0 radical (unpaired) electrons. The molecule has 0 unspecified atom stereocenters. The molecular formula is C18H12F3N3O4S2. The molecule has 30 heavy (non-hydrogen) atoms. The van der Waals surface area contributed by atoms with Gasteiger partial charge >= 0.3 is 5.51 Å². The molecule has 1 amide bonds. The third-order valence-corrected chi connectivity index (χ3v) is 6.31. The second-order valence-corrected chi connectivity index (χ2v) is 8.73. The molecule has 0 spiro atoms. The summed E-state index contributed by atoms with van der Waals surface area (Å²) in [5, 5.41) is 0.757. The molecule has 1 N–H and O–H groups in total. The number of thiazole rings is 1. The van der Waals surface area contributed by atoms with Gasteiger partial charge in [-0.25, -0.2) is 18.4 Å². The zero-order chi connectivity index (χ0) is 22.1. The van der Waals surface area contributed by atoms with Crippen molar-refractivity contribution in [1.29, 1.82) is 0 Å². The second kappa shape index (κ2) is 7.95. The molecule has 0 fully saturated rings. The average molecular weight is 455 g/mol. The van der Waals surface area contributed by atoms with Crippen molar-refractivity contribution >= 4 is 38.0 Å². The summed E-state index contributed by atoms with van der Waals surface area (Å²) in [6, 6.07) is 10.6. The van der Waals surface area contributed by atoms with E-state index in [1.165, 1.54) is 6.92 Å². The molecule has 0 bridgehead atoms. The molecule has 3 rings (SSSR count). The lowest BCUT2D eigenvalue weighted by molar-refractivity contribution is -0.0438. The van der Waals surface area contributed by atoms with Crippen molar-refractivity contribution in [3.63, 3.8) is 0 Å². The second-order valence-electron chi connectivity index (χ2n) is 5.88. The van der Waals surface area contributed by atoms with Crippen LogP contribution in [-0.2, 0) is 9.84 Å². The molecule has 3 aromatic rings. The first-order chi connectivity index (χ1) is 14.0. The number of ketones is 1. The highest BCUT2D eigenvalue weighted by Gasteiger charge is 2.49. The molecule has 2 aromatic heterocycles. The number of nitrogens with one attached hydrogen (secondary N) is 1. The quantitative estimate of drug-likeness (QED) is 0.584. The molecule has 1 aromatic carbocycles. The van der Waals surface area contributed by atoms with Crippen LogP contribution in [-0.4, -0.2) is 35.6 Å². The molecule has 0 saturated carbocycles. The van der Waals surface area contributed by atoms with E-state index in [0.29, 0.717) is 5.56 Å². The van der Waals surface area contributed by atoms with Crippen molar-refractivity contribution in [3.05, 3.63) is 59.1 Å². The van der Waals surface area contributed by atoms with Crippen LogP contribution in [0.25, 0.3) is 11.3 Å². The number of hydrogen-bond acceptors (Lipinski definition) is 7. The van der Waals surface area contributed by atoms with Crippen LogP contribution in [0.2, 0.25) is 0 Å². The number of halogens is 3. The van der Waals surface area contributed by atoms with Gasteiger partial charge in [-0.05, 0) is 12.1 Å². The standard InChI is InChI=1S/C18H12F3N3O4S2/c1-10(25)14-13(11-6-3-2-4-7-11)23-17(29-14)24-15(26)12-8-5-9-22-16(12)30(27,28)18(19,20)21/h2-9H,1H3,(H,23,24,26). The van der Waals surface area contributed by atoms with Crippen molar-refractivity contribution in [2.45, 2.75) is 17.5 Å². The van der Waals surface area contributed by atoms with Gasteiger partial charge in [0.25, 0.3) is 15.7 Å². The molecule has 0 aliphatic carbocycles. The van der Waals surface area contributed by atoms with Gasteiger partial charge in [0, 0.05) is 18.7 Å². The van der Waals surface area contributed by atoms with Gasteiger partial charge in [0.05, 0.1) is 16.1 Å². The lowest BCUT2D eigenvalue weighted by Gasteiger charge is -2.10. The highest BCUT2D eigenvalue weighted by Crippen LogP contribution is 2.33. The summed E-state index contributed by atoms with van der Waals surface area (Å²) in [6.07, 6.45) is 0.833. The molecule has 0 saturated heterocycles. The Hall–Kier alpha value is -3.12. The Morgan fingerprint density at radius 2 is 1.73 bits per heavy atom. The van der Waals surface area contributed by atoms with E-state index < -0.39 is 31.8 Å². The number of rotatable bonds is 5. The van der Waals surface area contributed by atoms with Gasteiger partial charge in [0.2, 0.25) is 0 Å². The van der Waals surface area contributed by atoms with Gasteiger partial charge in [0.1, 0.15) is 0 Å². The molecule has 12 heteroatoms. The monoisotopic (exact) mass is 455 g/mol. The van der Waals surface area contributed by atoms with Gasteiger partial charge in [0.15, 0.2) is 15.9 Å². The predicted octanol–water partition coefficient (Wildman–Crippen LogP) is 3.95. The summed E-state index contributed by atoms with van der Waals surface area (Å²) < 4.78 is 62.2. The summed E-state index contributed by atoms with van der Waals surface area (Å²) in [5.74, 6) is -1.48. The van der Waals surface area contributed by atoms with Gasteiger partial charge in [-0.1, -0.05) is 41.7 Å². The summed E-state index contributed by atoms with van der Waals surface area (Å²) in [7, 11) is -5.85. The predicted molar refractivity (Wildman–Crippen MR) is 103 cm³/mol. The number of pyridine rings is 1. The first-order valence-corrected chi connectivity index (χ1v) is 10.5. The summed E-state index contributed by atoms with van der Waals surface area (Å²) in [5.41, 5.74) is -5.53. The van der Waals surface area contributed by atoms with Crippen LogP contribution in [0.15, 0.2) is 53.7 Å². The summed E-state index contributed by atoms with van der Waals surface area (Å²) in [6.45, 7) is 1.31. The maximum atomic E-state index is 12.9. The van der Waals surface area contributed by atoms with Gasteiger partial charge in [-0.3, -0.25) is 14.9 Å².